The van der Waals surface area contributed by atoms with Gasteiger partial charge >= 0.3 is 5.97 Å². The van der Waals surface area contributed by atoms with Crippen molar-refractivity contribution < 1.29 is 19.5 Å². The monoisotopic (exact) mass is 396 g/mol. The zero-order valence-corrected chi connectivity index (χ0v) is 14.8. The highest BCUT2D eigenvalue weighted by atomic mass is 35.5. The summed E-state index contributed by atoms with van der Waals surface area (Å²) in [5, 5.41) is 9.23. The maximum absolute atomic E-state index is 12.6. The van der Waals surface area contributed by atoms with E-state index in [4.69, 9.17) is 23.2 Å². The summed E-state index contributed by atoms with van der Waals surface area (Å²) in [6.07, 6.45) is 1.37. The highest BCUT2D eigenvalue weighted by molar-refractivity contribution is 8.00. The molecule has 6 nitrogen and oxygen atoms in total. The molecule has 2 amide bonds. The van der Waals surface area contributed by atoms with Crippen molar-refractivity contribution in [3.05, 3.63) is 52.1 Å². The van der Waals surface area contributed by atoms with Gasteiger partial charge in [-0.05, 0) is 30.3 Å². The molecule has 0 aliphatic carbocycles. The second kappa shape index (κ2) is 7.03. The summed E-state index contributed by atoms with van der Waals surface area (Å²) < 4.78 is 0. The number of rotatable bonds is 4. The minimum absolute atomic E-state index is 0.0167. The third-order valence-electron chi connectivity index (χ3n) is 3.47. The second-order valence-electron chi connectivity index (χ2n) is 5.17. The number of aromatic carboxylic acids is 1. The molecule has 2 heterocycles. The Morgan fingerprint density at radius 2 is 1.92 bits per heavy atom. The van der Waals surface area contributed by atoms with Gasteiger partial charge in [0.05, 0.1) is 16.5 Å². The fourth-order valence-electron chi connectivity index (χ4n) is 2.42. The molecule has 1 aromatic heterocycles. The summed E-state index contributed by atoms with van der Waals surface area (Å²) in [5.74, 6) is -2.02. The van der Waals surface area contributed by atoms with Gasteiger partial charge in [-0.2, -0.15) is 0 Å². The van der Waals surface area contributed by atoms with E-state index in [-0.39, 0.29) is 22.7 Å². The first-order valence-electron chi connectivity index (χ1n) is 7.04. The molecular formula is C16H10Cl2N2O4S. The number of nitrogens with zero attached hydrogens (tertiary/aromatic N) is 2. The number of carboxylic acid groups (broad SMARTS) is 1. The van der Waals surface area contributed by atoms with Crippen LogP contribution in [0.25, 0.3) is 0 Å². The number of carboxylic acids is 1. The van der Waals surface area contributed by atoms with Gasteiger partial charge in [-0.15, -0.1) is 0 Å². The number of carbonyl (C=O) groups is 3. The van der Waals surface area contributed by atoms with Crippen LogP contribution in [0.1, 0.15) is 16.8 Å². The number of hydrogen-bond acceptors (Lipinski definition) is 5. The van der Waals surface area contributed by atoms with E-state index in [0.717, 1.165) is 16.7 Å². The van der Waals surface area contributed by atoms with Gasteiger partial charge in [-0.25, -0.2) is 14.7 Å². The highest BCUT2D eigenvalue weighted by Crippen LogP contribution is 2.36. The van der Waals surface area contributed by atoms with E-state index in [1.807, 2.05) is 0 Å². The summed E-state index contributed by atoms with van der Waals surface area (Å²) in [6.45, 7) is 0. The Morgan fingerprint density at radius 3 is 2.56 bits per heavy atom. The largest absolute Gasteiger partial charge is 0.478 e. The summed E-state index contributed by atoms with van der Waals surface area (Å²) >= 11 is 12.8. The summed E-state index contributed by atoms with van der Waals surface area (Å²) in [7, 11) is 0. The fourth-order valence-corrected chi connectivity index (χ4v) is 4.04. The first kappa shape index (κ1) is 17.7. The number of halogens is 2. The van der Waals surface area contributed by atoms with Crippen LogP contribution in [0.15, 0.2) is 41.6 Å². The van der Waals surface area contributed by atoms with Crippen LogP contribution in [0.3, 0.4) is 0 Å². The Hall–Kier alpha value is -2.09. The molecule has 128 valence electrons. The third kappa shape index (κ3) is 3.63. The fraction of sp³-hybridized carbons (Fsp3) is 0.125. The molecule has 2 aromatic rings. The Bertz CT molecular complexity index is 870. The van der Waals surface area contributed by atoms with Gasteiger partial charge in [-0.3, -0.25) is 9.59 Å². The lowest BCUT2D eigenvalue weighted by Gasteiger charge is -2.15. The van der Waals surface area contributed by atoms with Gasteiger partial charge in [0.15, 0.2) is 0 Å². The number of imide groups is 1. The Balaban J connectivity index is 1.88. The number of aromatic nitrogens is 1. The van der Waals surface area contributed by atoms with Crippen molar-refractivity contribution in [2.45, 2.75) is 16.7 Å². The molecule has 1 aromatic carbocycles. The average molecular weight is 397 g/mol. The van der Waals surface area contributed by atoms with Gasteiger partial charge in [0, 0.05) is 22.7 Å². The molecular weight excluding hydrogens is 387 g/mol. The van der Waals surface area contributed by atoms with Crippen LogP contribution in [0.2, 0.25) is 10.0 Å². The molecule has 1 aliphatic heterocycles. The maximum atomic E-state index is 12.6. The third-order valence-corrected chi connectivity index (χ3v) is 5.10. The van der Waals surface area contributed by atoms with E-state index in [2.05, 4.69) is 4.98 Å². The predicted octanol–water partition coefficient (Wildman–Crippen LogP) is 3.51. The lowest BCUT2D eigenvalue weighted by molar-refractivity contribution is -0.121. The minimum Gasteiger partial charge on any atom is -0.478 e. The van der Waals surface area contributed by atoms with Crippen LogP contribution in [0, 0.1) is 0 Å². The molecule has 1 aliphatic rings. The number of thioether (sulfide) groups is 1. The smallest absolute Gasteiger partial charge is 0.338 e. The van der Waals surface area contributed by atoms with Crippen molar-refractivity contribution in [3.63, 3.8) is 0 Å². The molecule has 3 rings (SSSR count). The molecule has 1 saturated heterocycles. The van der Waals surface area contributed by atoms with Gasteiger partial charge in [0.2, 0.25) is 11.8 Å². The molecule has 1 atom stereocenters. The minimum atomic E-state index is -1.15. The van der Waals surface area contributed by atoms with E-state index >= 15 is 0 Å². The van der Waals surface area contributed by atoms with Crippen LogP contribution < -0.4 is 4.90 Å². The zero-order valence-electron chi connectivity index (χ0n) is 12.5. The molecule has 1 fully saturated rings. The van der Waals surface area contributed by atoms with Crippen molar-refractivity contribution in [3.8, 4) is 0 Å². The predicted molar refractivity (Wildman–Crippen MR) is 94.4 cm³/mol. The van der Waals surface area contributed by atoms with Crippen LogP contribution in [0.5, 0.6) is 0 Å². The maximum Gasteiger partial charge on any atom is 0.338 e. The zero-order chi connectivity index (χ0) is 18.1. The van der Waals surface area contributed by atoms with Crippen LogP contribution >= 0.6 is 35.0 Å². The van der Waals surface area contributed by atoms with E-state index in [1.165, 1.54) is 36.5 Å². The van der Waals surface area contributed by atoms with Gasteiger partial charge in [0.1, 0.15) is 5.03 Å². The molecule has 0 spiro atoms. The van der Waals surface area contributed by atoms with Crippen LogP contribution in [-0.2, 0) is 9.59 Å². The topological polar surface area (TPSA) is 87.6 Å². The van der Waals surface area contributed by atoms with Gasteiger partial charge in [0.25, 0.3) is 0 Å². The number of carbonyl (C=O) groups excluding carboxylic acids is 2. The lowest BCUT2D eigenvalue weighted by Crippen LogP contribution is -2.31. The van der Waals surface area contributed by atoms with Gasteiger partial charge < -0.3 is 5.11 Å². The Kier molecular flexibility index (Phi) is 4.99. The molecule has 0 bridgehead atoms. The van der Waals surface area contributed by atoms with Crippen molar-refractivity contribution in [1.82, 2.24) is 4.98 Å². The van der Waals surface area contributed by atoms with E-state index in [0.29, 0.717) is 10.0 Å². The summed E-state index contributed by atoms with van der Waals surface area (Å²) in [6, 6.07) is 7.33. The summed E-state index contributed by atoms with van der Waals surface area (Å²) in [4.78, 5) is 41.2. The Labute approximate surface area is 156 Å². The van der Waals surface area contributed by atoms with Crippen molar-refractivity contribution in [2.24, 2.45) is 0 Å². The molecule has 1 N–H and O–H groups in total. The average Bonchev–Trinajstić information content (AvgIpc) is 2.80. The lowest BCUT2D eigenvalue weighted by atomic mass is 10.3. The first-order chi connectivity index (χ1) is 11.9. The molecule has 0 saturated carbocycles. The standard InChI is InChI=1S/C16H10Cl2N2O4S/c17-8-4-9(18)6-10(5-8)20-13(21)7-12(15(20)22)25-14-11(16(23)24)2-1-3-19-14/h1-6,12H,7H2,(H,23,24)/t12-/m1/s1. The van der Waals surface area contributed by atoms with Crippen LogP contribution in [-0.4, -0.2) is 33.1 Å². The number of amides is 2. The van der Waals surface area contributed by atoms with Crippen LogP contribution in [0.4, 0.5) is 5.69 Å². The van der Waals surface area contributed by atoms with Crippen molar-refractivity contribution in [2.75, 3.05) is 4.90 Å². The Morgan fingerprint density at radius 1 is 1.24 bits per heavy atom. The first-order valence-corrected chi connectivity index (χ1v) is 8.68. The molecule has 25 heavy (non-hydrogen) atoms. The number of benzene rings is 1. The normalized spacial score (nSPS) is 17.2. The van der Waals surface area contributed by atoms with Crippen molar-refractivity contribution in [1.29, 1.82) is 0 Å². The van der Waals surface area contributed by atoms with E-state index in [1.54, 1.807) is 0 Å². The highest BCUT2D eigenvalue weighted by Gasteiger charge is 2.41. The quantitative estimate of drug-likeness (QED) is 0.795. The summed E-state index contributed by atoms with van der Waals surface area (Å²) in [5.41, 5.74) is 0.270. The molecule has 9 heteroatoms. The van der Waals surface area contributed by atoms with Gasteiger partial charge in [-0.1, -0.05) is 35.0 Å². The molecule has 0 unspecified atom stereocenters. The number of anilines is 1. The molecule has 0 radical (unpaired) electrons. The number of hydrogen-bond donors (Lipinski definition) is 1. The SMILES string of the molecule is O=C(O)c1cccnc1S[C@@H]1CC(=O)N(c2cc(Cl)cc(Cl)c2)C1=O. The van der Waals surface area contributed by atoms with Crippen molar-refractivity contribution >= 4 is 58.4 Å². The van der Waals surface area contributed by atoms with E-state index in [9.17, 15) is 19.5 Å². The number of pyridine rings is 1. The van der Waals surface area contributed by atoms with E-state index < -0.39 is 23.0 Å². The second-order valence-corrected chi connectivity index (χ2v) is 7.23.